The van der Waals surface area contributed by atoms with E-state index < -0.39 is 14.9 Å². The minimum absolute atomic E-state index is 0.0610. The second kappa shape index (κ2) is 4.80. The lowest BCUT2D eigenvalue weighted by Crippen LogP contribution is -2.47. The van der Waals surface area contributed by atoms with Gasteiger partial charge in [0.2, 0.25) is 10.0 Å². The van der Waals surface area contributed by atoms with Gasteiger partial charge in [-0.25, -0.2) is 13.1 Å². The molecule has 1 heterocycles. The standard InChI is InChI=1S/C12H15N3O4S/c16-15(17)9-1-3-10(4-2-9)20(18,19)14-12-6-8-5-11(12)13-7-8/h1-4,8,11-14H,5-7H2/t8-,11+,12+/m0/s1. The van der Waals surface area contributed by atoms with Crippen LogP contribution in [-0.4, -0.2) is 32.0 Å². The van der Waals surface area contributed by atoms with E-state index in [-0.39, 0.29) is 22.7 Å². The van der Waals surface area contributed by atoms with Crippen molar-refractivity contribution in [3.63, 3.8) is 0 Å². The maximum absolute atomic E-state index is 12.2. The number of sulfonamides is 1. The quantitative estimate of drug-likeness (QED) is 0.627. The fourth-order valence-corrected chi connectivity index (χ4v) is 4.29. The van der Waals surface area contributed by atoms with Gasteiger partial charge >= 0.3 is 0 Å². The third-order valence-corrected chi connectivity index (χ3v) is 5.50. The number of fused-ring (bicyclic) bond motifs is 2. The molecule has 3 rings (SSSR count). The molecule has 20 heavy (non-hydrogen) atoms. The van der Waals surface area contributed by atoms with Crippen LogP contribution < -0.4 is 10.0 Å². The number of nitro groups is 1. The van der Waals surface area contributed by atoms with Crippen LogP contribution in [0.4, 0.5) is 5.69 Å². The molecule has 7 nitrogen and oxygen atoms in total. The van der Waals surface area contributed by atoms with Gasteiger partial charge in [-0.3, -0.25) is 10.1 Å². The lowest BCUT2D eigenvalue weighted by Gasteiger charge is -2.23. The highest BCUT2D eigenvalue weighted by Gasteiger charge is 2.41. The van der Waals surface area contributed by atoms with Crippen LogP contribution in [0.25, 0.3) is 0 Å². The first-order valence-electron chi connectivity index (χ1n) is 6.46. The van der Waals surface area contributed by atoms with Gasteiger partial charge in [0.1, 0.15) is 0 Å². The van der Waals surface area contributed by atoms with Gasteiger partial charge in [0.15, 0.2) is 0 Å². The summed E-state index contributed by atoms with van der Waals surface area (Å²) in [6.07, 6.45) is 1.86. The average molecular weight is 297 g/mol. The monoisotopic (exact) mass is 297 g/mol. The Morgan fingerprint density at radius 2 is 1.95 bits per heavy atom. The zero-order chi connectivity index (χ0) is 14.3. The number of benzene rings is 1. The van der Waals surface area contributed by atoms with Crippen molar-refractivity contribution >= 4 is 15.7 Å². The van der Waals surface area contributed by atoms with Gasteiger partial charge in [0.05, 0.1) is 9.82 Å². The summed E-state index contributed by atoms with van der Waals surface area (Å²) in [6, 6.07) is 5.05. The summed E-state index contributed by atoms with van der Waals surface area (Å²) in [5.74, 6) is 0.546. The van der Waals surface area contributed by atoms with Crippen LogP contribution >= 0.6 is 0 Å². The molecule has 0 radical (unpaired) electrons. The number of hydrogen-bond donors (Lipinski definition) is 2. The second-order valence-corrected chi connectivity index (χ2v) is 7.04. The summed E-state index contributed by atoms with van der Waals surface area (Å²) in [7, 11) is -3.62. The Hall–Kier alpha value is -1.51. The van der Waals surface area contributed by atoms with E-state index in [9.17, 15) is 18.5 Å². The molecule has 2 fully saturated rings. The van der Waals surface area contributed by atoms with Crippen molar-refractivity contribution in [2.75, 3.05) is 6.54 Å². The molecular formula is C12H15N3O4S. The maximum Gasteiger partial charge on any atom is 0.269 e. The maximum atomic E-state index is 12.2. The summed E-state index contributed by atoms with van der Waals surface area (Å²) >= 11 is 0. The Balaban J connectivity index is 1.76. The van der Waals surface area contributed by atoms with Crippen LogP contribution in [0.5, 0.6) is 0 Å². The molecule has 0 aromatic heterocycles. The average Bonchev–Trinajstić information content (AvgIpc) is 3.00. The highest BCUT2D eigenvalue weighted by atomic mass is 32.2. The Labute approximate surface area is 116 Å². The molecule has 2 N–H and O–H groups in total. The normalized spacial score (nSPS) is 28.7. The smallest absolute Gasteiger partial charge is 0.269 e. The van der Waals surface area contributed by atoms with Crippen LogP contribution in [-0.2, 0) is 10.0 Å². The Morgan fingerprint density at radius 3 is 2.45 bits per heavy atom. The zero-order valence-corrected chi connectivity index (χ0v) is 11.5. The number of piperidine rings is 1. The number of hydrogen-bond acceptors (Lipinski definition) is 5. The predicted molar refractivity (Wildman–Crippen MR) is 71.7 cm³/mol. The number of rotatable bonds is 4. The molecule has 1 saturated heterocycles. The van der Waals surface area contributed by atoms with E-state index >= 15 is 0 Å². The highest BCUT2D eigenvalue weighted by Crippen LogP contribution is 2.32. The minimum Gasteiger partial charge on any atom is -0.312 e. The number of nitrogens with zero attached hydrogens (tertiary/aromatic N) is 1. The van der Waals surface area contributed by atoms with E-state index in [0.717, 1.165) is 19.4 Å². The van der Waals surface area contributed by atoms with Gasteiger partial charge in [-0.05, 0) is 37.4 Å². The summed E-state index contributed by atoms with van der Waals surface area (Å²) < 4.78 is 27.2. The largest absolute Gasteiger partial charge is 0.312 e. The molecule has 0 amide bonds. The lowest BCUT2D eigenvalue weighted by molar-refractivity contribution is -0.384. The summed E-state index contributed by atoms with van der Waals surface area (Å²) in [6.45, 7) is 0.959. The Kier molecular flexibility index (Phi) is 3.23. The first-order chi connectivity index (χ1) is 9.45. The van der Waals surface area contributed by atoms with Crippen LogP contribution in [0.3, 0.4) is 0 Å². The van der Waals surface area contributed by atoms with Crippen molar-refractivity contribution in [1.29, 1.82) is 0 Å². The predicted octanol–water partition coefficient (Wildman–Crippen LogP) is 0.623. The molecule has 2 bridgehead atoms. The highest BCUT2D eigenvalue weighted by molar-refractivity contribution is 7.89. The van der Waals surface area contributed by atoms with Crippen molar-refractivity contribution < 1.29 is 13.3 Å². The van der Waals surface area contributed by atoms with E-state index in [1.54, 1.807) is 0 Å². The van der Waals surface area contributed by atoms with Gasteiger partial charge in [-0.2, -0.15) is 0 Å². The summed E-state index contributed by atoms with van der Waals surface area (Å²) in [4.78, 5) is 10.1. The van der Waals surface area contributed by atoms with Crippen LogP contribution in [0, 0.1) is 16.0 Å². The minimum atomic E-state index is -3.62. The van der Waals surface area contributed by atoms with E-state index in [4.69, 9.17) is 0 Å². The van der Waals surface area contributed by atoms with E-state index in [0.29, 0.717) is 5.92 Å². The number of nitro benzene ring substituents is 1. The molecule has 1 aromatic rings. The Bertz CT molecular complexity index is 629. The van der Waals surface area contributed by atoms with Crippen LogP contribution in [0.2, 0.25) is 0 Å². The summed E-state index contributed by atoms with van der Waals surface area (Å²) in [5, 5.41) is 13.8. The van der Waals surface area contributed by atoms with Gasteiger partial charge in [0.25, 0.3) is 5.69 Å². The van der Waals surface area contributed by atoms with Gasteiger partial charge < -0.3 is 5.32 Å². The molecular weight excluding hydrogens is 282 g/mol. The molecule has 108 valence electrons. The summed E-state index contributed by atoms with van der Waals surface area (Å²) in [5.41, 5.74) is -0.120. The molecule has 0 unspecified atom stereocenters. The van der Waals surface area contributed by atoms with E-state index in [1.807, 2.05) is 0 Å². The Morgan fingerprint density at radius 1 is 1.25 bits per heavy atom. The fourth-order valence-electron chi connectivity index (χ4n) is 3.00. The van der Waals surface area contributed by atoms with Gasteiger partial charge in [0, 0.05) is 24.2 Å². The van der Waals surface area contributed by atoms with E-state index in [1.165, 1.54) is 24.3 Å². The molecule has 0 spiro atoms. The molecule has 1 aromatic carbocycles. The number of nitrogens with one attached hydrogen (secondary N) is 2. The first-order valence-corrected chi connectivity index (χ1v) is 7.94. The second-order valence-electron chi connectivity index (χ2n) is 5.33. The van der Waals surface area contributed by atoms with Gasteiger partial charge in [-0.15, -0.1) is 0 Å². The molecule has 3 atom stereocenters. The van der Waals surface area contributed by atoms with Crippen molar-refractivity contribution in [1.82, 2.24) is 10.0 Å². The van der Waals surface area contributed by atoms with E-state index in [2.05, 4.69) is 10.0 Å². The number of non-ortho nitro benzene ring substituents is 1. The van der Waals surface area contributed by atoms with Crippen molar-refractivity contribution in [2.24, 2.45) is 5.92 Å². The van der Waals surface area contributed by atoms with Gasteiger partial charge in [-0.1, -0.05) is 0 Å². The van der Waals surface area contributed by atoms with Crippen LogP contribution in [0.1, 0.15) is 12.8 Å². The molecule has 2 aliphatic rings. The SMILES string of the molecule is O=[N+]([O-])c1ccc(S(=O)(=O)N[C@@H]2C[C@H]3CN[C@@H]2C3)cc1. The lowest BCUT2D eigenvalue weighted by atomic mass is 10.1. The van der Waals surface area contributed by atoms with Crippen LogP contribution in [0.15, 0.2) is 29.2 Å². The third kappa shape index (κ3) is 2.41. The third-order valence-electron chi connectivity index (χ3n) is 3.99. The fraction of sp³-hybridized carbons (Fsp3) is 0.500. The molecule has 1 saturated carbocycles. The van der Waals surface area contributed by atoms with Crippen molar-refractivity contribution in [3.05, 3.63) is 34.4 Å². The molecule has 1 aliphatic heterocycles. The topological polar surface area (TPSA) is 101 Å². The molecule has 8 heteroatoms. The zero-order valence-electron chi connectivity index (χ0n) is 10.7. The van der Waals surface area contributed by atoms with Crippen molar-refractivity contribution in [2.45, 2.75) is 29.8 Å². The van der Waals surface area contributed by atoms with Crippen molar-refractivity contribution in [3.8, 4) is 0 Å². The first kappa shape index (κ1) is 13.5. The molecule has 1 aliphatic carbocycles.